The molecule has 0 spiro atoms. The molecule has 4 N–H and O–H groups in total. The lowest BCUT2D eigenvalue weighted by Crippen LogP contribution is -2.37. The van der Waals surface area contributed by atoms with Gasteiger partial charge in [0.05, 0.1) is 11.5 Å². The topological polar surface area (TPSA) is 106 Å². The highest BCUT2D eigenvalue weighted by Crippen LogP contribution is 2.15. The molecule has 1 aromatic heterocycles. The largest absolute Gasteiger partial charge is 0.368 e. The van der Waals surface area contributed by atoms with Crippen LogP contribution in [0.3, 0.4) is 0 Å². The summed E-state index contributed by atoms with van der Waals surface area (Å²) in [7, 11) is 0. The first-order valence-corrected chi connectivity index (χ1v) is 9.29. The van der Waals surface area contributed by atoms with Crippen LogP contribution in [0, 0.1) is 5.92 Å². The van der Waals surface area contributed by atoms with Gasteiger partial charge in [-0.3, -0.25) is 4.79 Å². The third-order valence-corrected chi connectivity index (χ3v) is 4.51. The van der Waals surface area contributed by atoms with Gasteiger partial charge >= 0.3 is 0 Å². The van der Waals surface area contributed by atoms with E-state index in [4.69, 9.17) is 5.73 Å². The summed E-state index contributed by atoms with van der Waals surface area (Å²) < 4.78 is 0. The van der Waals surface area contributed by atoms with Gasteiger partial charge in [-0.25, -0.2) is 0 Å². The van der Waals surface area contributed by atoms with E-state index in [1.807, 2.05) is 37.3 Å². The number of carbonyl (C=O) groups excluding carboxylic acids is 1. The minimum absolute atomic E-state index is 0.0101. The Morgan fingerprint density at radius 3 is 2.56 bits per heavy atom. The quantitative estimate of drug-likeness (QED) is 0.664. The van der Waals surface area contributed by atoms with Crippen LogP contribution in [0.15, 0.2) is 30.3 Å². The van der Waals surface area contributed by atoms with Crippen LogP contribution in [0.25, 0.3) is 0 Å². The fraction of sp³-hybridized carbons (Fsp3) is 0.412. The molecule has 0 aliphatic heterocycles. The predicted octanol–water partition coefficient (Wildman–Crippen LogP) is 2.59. The second-order valence-corrected chi connectivity index (χ2v) is 7.00. The third-order valence-electron chi connectivity index (χ3n) is 3.58. The van der Waals surface area contributed by atoms with Crippen molar-refractivity contribution in [2.24, 2.45) is 5.92 Å². The zero-order chi connectivity index (χ0) is 18.2. The third kappa shape index (κ3) is 6.58. The fourth-order valence-corrected chi connectivity index (χ4v) is 2.59. The highest BCUT2D eigenvalue weighted by molar-refractivity contribution is 7.99. The maximum absolute atomic E-state index is 11.9. The predicted molar refractivity (Wildman–Crippen MR) is 103 cm³/mol. The number of nitrogens with two attached hydrogens (primary N) is 1. The van der Waals surface area contributed by atoms with Gasteiger partial charge in [0.15, 0.2) is 0 Å². The van der Waals surface area contributed by atoms with Crippen molar-refractivity contribution in [3.63, 3.8) is 0 Å². The Labute approximate surface area is 152 Å². The number of anilines is 3. The van der Waals surface area contributed by atoms with Crippen LogP contribution in [0.5, 0.6) is 0 Å². The van der Waals surface area contributed by atoms with Crippen molar-refractivity contribution in [3.8, 4) is 0 Å². The molecule has 0 bridgehead atoms. The molecule has 0 fully saturated rings. The van der Waals surface area contributed by atoms with Crippen LogP contribution in [0.1, 0.15) is 26.6 Å². The average molecular weight is 360 g/mol. The van der Waals surface area contributed by atoms with Crippen molar-refractivity contribution < 1.29 is 4.79 Å². The van der Waals surface area contributed by atoms with Gasteiger partial charge < -0.3 is 16.4 Å². The zero-order valence-corrected chi connectivity index (χ0v) is 15.5. The normalized spacial score (nSPS) is 12.0. The van der Waals surface area contributed by atoms with Gasteiger partial charge in [0.25, 0.3) is 0 Å². The summed E-state index contributed by atoms with van der Waals surface area (Å²) in [5.74, 6) is 2.35. The highest BCUT2D eigenvalue weighted by atomic mass is 32.2. The lowest BCUT2D eigenvalue weighted by atomic mass is 10.1. The van der Waals surface area contributed by atoms with Crippen molar-refractivity contribution >= 4 is 35.3 Å². The summed E-state index contributed by atoms with van der Waals surface area (Å²) in [5, 5.41) is 6.06. The van der Waals surface area contributed by atoms with E-state index in [0.29, 0.717) is 29.2 Å². The van der Waals surface area contributed by atoms with E-state index in [2.05, 4.69) is 39.4 Å². The van der Waals surface area contributed by atoms with Crippen molar-refractivity contribution in [1.82, 2.24) is 20.3 Å². The van der Waals surface area contributed by atoms with Gasteiger partial charge in [-0.15, -0.1) is 11.8 Å². The average Bonchev–Trinajstić information content (AvgIpc) is 2.55. The molecule has 0 radical (unpaired) electrons. The van der Waals surface area contributed by atoms with E-state index in [1.165, 1.54) is 11.8 Å². The van der Waals surface area contributed by atoms with Crippen LogP contribution in [0.2, 0.25) is 0 Å². The maximum atomic E-state index is 11.9. The van der Waals surface area contributed by atoms with E-state index >= 15 is 0 Å². The first-order chi connectivity index (χ1) is 11.9. The Kier molecular flexibility index (Phi) is 7.00. The number of rotatable bonds is 8. The number of hydrogen-bond donors (Lipinski definition) is 3. The van der Waals surface area contributed by atoms with Gasteiger partial charge in [-0.2, -0.15) is 15.0 Å². The first-order valence-electron chi connectivity index (χ1n) is 8.13. The molecule has 25 heavy (non-hydrogen) atoms. The monoisotopic (exact) mass is 360 g/mol. The summed E-state index contributed by atoms with van der Waals surface area (Å²) >= 11 is 1.44. The number of thioether (sulfide) groups is 1. The van der Waals surface area contributed by atoms with E-state index in [0.717, 1.165) is 5.69 Å². The first kappa shape index (κ1) is 19.0. The molecule has 2 rings (SSSR count). The number of nitrogens with one attached hydrogen (secondary N) is 2. The second kappa shape index (κ2) is 9.22. The number of nitrogen functional groups attached to an aromatic ring is 1. The molecule has 134 valence electrons. The second-order valence-electron chi connectivity index (χ2n) is 6.02. The molecule has 1 aromatic carbocycles. The fourth-order valence-electron chi connectivity index (χ4n) is 1.91. The van der Waals surface area contributed by atoms with E-state index in [1.54, 1.807) is 0 Å². The molecule has 0 aliphatic carbocycles. The van der Waals surface area contributed by atoms with E-state index in [9.17, 15) is 4.79 Å². The van der Waals surface area contributed by atoms with Gasteiger partial charge in [-0.05, 0) is 25.0 Å². The van der Waals surface area contributed by atoms with Crippen molar-refractivity contribution in [1.29, 1.82) is 0 Å². The Balaban J connectivity index is 1.89. The smallest absolute Gasteiger partial charge is 0.232 e. The SMILES string of the molecule is CC(C)[C@H](C)NC(=O)CSCc1nc(N)nc(Nc2ccccc2)n1. The van der Waals surface area contributed by atoms with E-state index in [-0.39, 0.29) is 17.9 Å². The van der Waals surface area contributed by atoms with Crippen LogP contribution in [-0.2, 0) is 10.5 Å². The van der Waals surface area contributed by atoms with Gasteiger partial charge in [0, 0.05) is 11.7 Å². The molecule has 2 aromatic rings. The lowest BCUT2D eigenvalue weighted by molar-refractivity contribution is -0.119. The lowest BCUT2D eigenvalue weighted by Gasteiger charge is -2.17. The Hall–Kier alpha value is -2.35. The molecule has 7 nitrogen and oxygen atoms in total. The number of aromatic nitrogens is 3. The van der Waals surface area contributed by atoms with Gasteiger partial charge in [-0.1, -0.05) is 32.0 Å². The summed E-state index contributed by atoms with van der Waals surface area (Å²) in [4.78, 5) is 24.5. The molecule has 0 saturated heterocycles. The highest BCUT2D eigenvalue weighted by Gasteiger charge is 2.11. The molecule has 0 unspecified atom stereocenters. The Morgan fingerprint density at radius 2 is 1.88 bits per heavy atom. The molecule has 0 aliphatic rings. The Morgan fingerprint density at radius 1 is 1.16 bits per heavy atom. The number of hydrogen-bond acceptors (Lipinski definition) is 7. The molecule has 1 atom stereocenters. The molecular formula is C17H24N6OS. The molecule has 1 heterocycles. The molecule has 1 amide bonds. The number of amides is 1. The maximum Gasteiger partial charge on any atom is 0.232 e. The summed E-state index contributed by atoms with van der Waals surface area (Å²) in [6.45, 7) is 6.15. The van der Waals surface area contributed by atoms with E-state index < -0.39 is 0 Å². The zero-order valence-electron chi connectivity index (χ0n) is 14.7. The minimum atomic E-state index is 0.0101. The van der Waals surface area contributed by atoms with Crippen LogP contribution >= 0.6 is 11.8 Å². The van der Waals surface area contributed by atoms with Crippen molar-refractivity contribution in [3.05, 3.63) is 36.2 Å². The van der Waals surface area contributed by atoms with Crippen molar-refractivity contribution in [2.75, 3.05) is 16.8 Å². The van der Waals surface area contributed by atoms with Crippen LogP contribution in [0.4, 0.5) is 17.6 Å². The molecular weight excluding hydrogens is 336 g/mol. The number of nitrogens with zero attached hydrogens (tertiary/aromatic N) is 3. The standard InChI is InChI=1S/C17H24N6OS/c1-11(2)12(3)19-15(24)10-25-9-14-21-16(18)23-17(22-14)20-13-7-5-4-6-8-13/h4-8,11-12H,9-10H2,1-3H3,(H,19,24)(H3,18,20,21,22,23)/t12-/m0/s1. The Bertz CT molecular complexity index is 695. The number of benzene rings is 1. The summed E-state index contributed by atoms with van der Waals surface area (Å²) in [5.41, 5.74) is 6.62. The summed E-state index contributed by atoms with van der Waals surface area (Å²) in [6, 6.07) is 9.74. The van der Waals surface area contributed by atoms with Crippen LogP contribution in [-0.4, -0.2) is 32.7 Å². The minimum Gasteiger partial charge on any atom is -0.368 e. The number of para-hydroxylation sites is 1. The van der Waals surface area contributed by atoms with Gasteiger partial charge in [0.2, 0.25) is 17.8 Å². The molecule has 8 heteroatoms. The number of carbonyl (C=O) groups is 1. The molecule has 0 saturated carbocycles. The van der Waals surface area contributed by atoms with Gasteiger partial charge in [0.1, 0.15) is 5.82 Å². The van der Waals surface area contributed by atoms with Crippen LogP contribution < -0.4 is 16.4 Å². The van der Waals surface area contributed by atoms with Crippen molar-refractivity contribution in [2.45, 2.75) is 32.6 Å². The summed E-state index contributed by atoms with van der Waals surface area (Å²) in [6.07, 6.45) is 0.